The summed E-state index contributed by atoms with van der Waals surface area (Å²) in [5, 5.41) is 11.8. The van der Waals surface area contributed by atoms with Gasteiger partial charge in [-0.25, -0.2) is 4.39 Å². The molecule has 0 amide bonds. The van der Waals surface area contributed by atoms with Crippen molar-refractivity contribution in [2.45, 2.75) is 13.0 Å². The van der Waals surface area contributed by atoms with Gasteiger partial charge in [-0.3, -0.25) is 0 Å². The third-order valence-corrected chi connectivity index (χ3v) is 2.01. The van der Waals surface area contributed by atoms with Gasteiger partial charge in [-0.15, -0.1) is 6.58 Å². The van der Waals surface area contributed by atoms with E-state index in [2.05, 4.69) is 11.9 Å². The predicted molar refractivity (Wildman–Crippen MR) is 57.6 cm³/mol. The Morgan fingerprint density at radius 3 is 3.00 bits per heavy atom. The molecule has 0 bridgehead atoms. The van der Waals surface area contributed by atoms with E-state index < -0.39 is 5.82 Å². The standard InChI is InChI=1S/C12H13FN2/c1-2-3-6-15-9-10-4-5-12(13)11(7-10)8-14/h2,4-5,7,15H,1,3,6,9H2. The summed E-state index contributed by atoms with van der Waals surface area (Å²) in [5.74, 6) is -0.465. The van der Waals surface area contributed by atoms with Crippen LogP contribution in [0, 0.1) is 17.1 Å². The van der Waals surface area contributed by atoms with Gasteiger partial charge in [0.1, 0.15) is 11.9 Å². The minimum absolute atomic E-state index is 0.0954. The molecular weight excluding hydrogens is 191 g/mol. The molecule has 0 saturated heterocycles. The normalized spacial score (nSPS) is 9.60. The molecule has 15 heavy (non-hydrogen) atoms. The van der Waals surface area contributed by atoms with E-state index in [1.165, 1.54) is 6.07 Å². The molecule has 1 aromatic carbocycles. The lowest BCUT2D eigenvalue weighted by Crippen LogP contribution is -2.14. The Hall–Kier alpha value is -1.66. The van der Waals surface area contributed by atoms with Gasteiger partial charge in [0.05, 0.1) is 5.56 Å². The van der Waals surface area contributed by atoms with Crippen LogP contribution in [0.4, 0.5) is 4.39 Å². The molecule has 0 saturated carbocycles. The van der Waals surface area contributed by atoms with Crippen molar-refractivity contribution in [1.82, 2.24) is 5.32 Å². The summed E-state index contributed by atoms with van der Waals surface area (Å²) in [6.07, 6.45) is 2.73. The van der Waals surface area contributed by atoms with Crippen LogP contribution < -0.4 is 5.32 Å². The maximum absolute atomic E-state index is 13.0. The lowest BCUT2D eigenvalue weighted by molar-refractivity contribution is 0.621. The summed E-state index contributed by atoms with van der Waals surface area (Å²) >= 11 is 0. The molecule has 0 aliphatic heterocycles. The van der Waals surface area contributed by atoms with Gasteiger partial charge in [-0.05, 0) is 30.7 Å². The lowest BCUT2D eigenvalue weighted by atomic mass is 10.1. The Morgan fingerprint density at radius 2 is 2.33 bits per heavy atom. The Bertz CT molecular complexity index is 380. The number of hydrogen-bond acceptors (Lipinski definition) is 2. The molecule has 1 rings (SSSR count). The molecule has 0 radical (unpaired) electrons. The second-order valence-electron chi connectivity index (χ2n) is 3.18. The van der Waals surface area contributed by atoms with Crippen LogP contribution in [-0.4, -0.2) is 6.54 Å². The zero-order valence-corrected chi connectivity index (χ0v) is 8.46. The van der Waals surface area contributed by atoms with Gasteiger partial charge in [0.25, 0.3) is 0 Å². The number of halogens is 1. The fourth-order valence-electron chi connectivity index (χ4n) is 1.20. The van der Waals surface area contributed by atoms with Crippen molar-refractivity contribution >= 4 is 0 Å². The number of nitrogens with one attached hydrogen (secondary N) is 1. The lowest BCUT2D eigenvalue weighted by Gasteiger charge is -2.03. The molecule has 0 aliphatic rings. The van der Waals surface area contributed by atoms with Crippen molar-refractivity contribution in [3.8, 4) is 6.07 Å². The van der Waals surface area contributed by atoms with E-state index in [0.29, 0.717) is 6.54 Å². The second-order valence-corrected chi connectivity index (χ2v) is 3.18. The molecular formula is C12H13FN2. The van der Waals surface area contributed by atoms with E-state index in [-0.39, 0.29) is 5.56 Å². The molecule has 2 nitrogen and oxygen atoms in total. The Balaban J connectivity index is 2.55. The van der Waals surface area contributed by atoms with Crippen molar-refractivity contribution in [1.29, 1.82) is 5.26 Å². The molecule has 0 unspecified atom stereocenters. The van der Waals surface area contributed by atoms with Crippen LogP contribution in [0.25, 0.3) is 0 Å². The second kappa shape index (κ2) is 5.94. The van der Waals surface area contributed by atoms with E-state index in [9.17, 15) is 4.39 Å². The van der Waals surface area contributed by atoms with Crippen molar-refractivity contribution in [2.75, 3.05) is 6.54 Å². The molecule has 0 atom stereocenters. The molecule has 3 heteroatoms. The van der Waals surface area contributed by atoms with Gasteiger partial charge in [0.2, 0.25) is 0 Å². The fraction of sp³-hybridized carbons (Fsp3) is 0.250. The van der Waals surface area contributed by atoms with Crippen LogP contribution in [0.5, 0.6) is 0 Å². The number of hydrogen-bond donors (Lipinski definition) is 1. The van der Waals surface area contributed by atoms with Crippen LogP contribution in [0.3, 0.4) is 0 Å². The maximum atomic E-state index is 13.0. The predicted octanol–water partition coefficient (Wildman–Crippen LogP) is 2.36. The van der Waals surface area contributed by atoms with Crippen molar-refractivity contribution in [3.05, 3.63) is 47.8 Å². The molecule has 0 heterocycles. The van der Waals surface area contributed by atoms with E-state index in [4.69, 9.17) is 5.26 Å². The van der Waals surface area contributed by atoms with Gasteiger partial charge in [0.15, 0.2) is 0 Å². The first kappa shape index (κ1) is 11.4. The summed E-state index contributed by atoms with van der Waals surface area (Å²) in [6.45, 7) is 5.09. The summed E-state index contributed by atoms with van der Waals surface area (Å²) in [4.78, 5) is 0. The smallest absolute Gasteiger partial charge is 0.140 e. The molecule has 78 valence electrons. The van der Waals surface area contributed by atoms with Crippen molar-refractivity contribution < 1.29 is 4.39 Å². The number of benzene rings is 1. The van der Waals surface area contributed by atoms with Crippen molar-refractivity contribution in [3.63, 3.8) is 0 Å². The molecule has 1 N–H and O–H groups in total. The zero-order chi connectivity index (χ0) is 11.1. The Labute approximate surface area is 89.0 Å². The monoisotopic (exact) mass is 204 g/mol. The SMILES string of the molecule is C=CCCNCc1ccc(F)c(C#N)c1. The highest BCUT2D eigenvalue weighted by atomic mass is 19.1. The third kappa shape index (κ3) is 3.53. The van der Waals surface area contributed by atoms with Gasteiger partial charge in [-0.2, -0.15) is 5.26 Å². The minimum atomic E-state index is -0.465. The van der Waals surface area contributed by atoms with Crippen LogP contribution in [-0.2, 0) is 6.54 Å². The van der Waals surface area contributed by atoms with Gasteiger partial charge in [-0.1, -0.05) is 12.1 Å². The molecule has 1 aromatic rings. The number of rotatable bonds is 5. The minimum Gasteiger partial charge on any atom is -0.312 e. The first-order valence-corrected chi connectivity index (χ1v) is 4.78. The highest BCUT2D eigenvalue weighted by Crippen LogP contribution is 2.09. The highest BCUT2D eigenvalue weighted by Gasteiger charge is 2.01. The largest absolute Gasteiger partial charge is 0.312 e. The van der Waals surface area contributed by atoms with Crippen LogP contribution >= 0.6 is 0 Å². The molecule has 0 aliphatic carbocycles. The average Bonchev–Trinajstić information content (AvgIpc) is 2.26. The maximum Gasteiger partial charge on any atom is 0.140 e. The van der Waals surface area contributed by atoms with Crippen LogP contribution in [0.2, 0.25) is 0 Å². The fourth-order valence-corrected chi connectivity index (χ4v) is 1.20. The first-order valence-electron chi connectivity index (χ1n) is 4.78. The van der Waals surface area contributed by atoms with Gasteiger partial charge in [0, 0.05) is 6.54 Å². The highest BCUT2D eigenvalue weighted by molar-refractivity contribution is 5.34. The zero-order valence-electron chi connectivity index (χ0n) is 8.46. The third-order valence-electron chi connectivity index (χ3n) is 2.01. The Morgan fingerprint density at radius 1 is 1.53 bits per heavy atom. The quantitative estimate of drug-likeness (QED) is 0.590. The summed E-state index contributed by atoms with van der Waals surface area (Å²) < 4.78 is 13.0. The van der Waals surface area contributed by atoms with Crippen LogP contribution in [0.1, 0.15) is 17.5 Å². The first-order chi connectivity index (χ1) is 7.27. The average molecular weight is 204 g/mol. The van der Waals surface area contributed by atoms with E-state index in [0.717, 1.165) is 18.5 Å². The number of nitrogens with zero attached hydrogens (tertiary/aromatic N) is 1. The summed E-state index contributed by atoms with van der Waals surface area (Å²) in [7, 11) is 0. The van der Waals surface area contributed by atoms with E-state index in [1.807, 2.05) is 12.1 Å². The topological polar surface area (TPSA) is 35.8 Å². The molecule has 0 spiro atoms. The Kier molecular flexibility index (Phi) is 4.52. The van der Waals surface area contributed by atoms with Crippen LogP contribution in [0.15, 0.2) is 30.9 Å². The van der Waals surface area contributed by atoms with E-state index >= 15 is 0 Å². The number of nitriles is 1. The molecule has 0 fully saturated rings. The van der Waals surface area contributed by atoms with E-state index in [1.54, 1.807) is 12.1 Å². The van der Waals surface area contributed by atoms with Gasteiger partial charge < -0.3 is 5.32 Å². The summed E-state index contributed by atoms with van der Waals surface area (Å²) in [6, 6.07) is 6.38. The summed E-state index contributed by atoms with van der Waals surface area (Å²) in [5.41, 5.74) is 1.01. The van der Waals surface area contributed by atoms with Crippen molar-refractivity contribution in [2.24, 2.45) is 0 Å². The van der Waals surface area contributed by atoms with Gasteiger partial charge >= 0.3 is 0 Å². The molecule has 0 aromatic heterocycles.